The minimum absolute atomic E-state index is 0.181. The van der Waals surface area contributed by atoms with Crippen molar-refractivity contribution in [3.63, 3.8) is 0 Å². The zero-order chi connectivity index (χ0) is 13.1. The van der Waals surface area contributed by atoms with Crippen LogP contribution in [0, 0.1) is 11.7 Å². The summed E-state index contributed by atoms with van der Waals surface area (Å²) in [6.45, 7) is 2.21. The number of benzene rings is 1. The van der Waals surface area contributed by atoms with Gasteiger partial charge in [-0.05, 0) is 49.8 Å². The van der Waals surface area contributed by atoms with Crippen LogP contribution in [0.4, 0.5) is 10.1 Å². The third-order valence-electron chi connectivity index (χ3n) is 3.86. The van der Waals surface area contributed by atoms with E-state index >= 15 is 0 Å². The Morgan fingerprint density at radius 2 is 2.00 bits per heavy atom. The monoisotopic (exact) mass is 269 g/mol. The van der Waals surface area contributed by atoms with Gasteiger partial charge in [0.2, 0.25) is 0 Å². The number of hydrogen-bond acceptors (Lipinski definition) is 2. The predicted octanol–water partition coefficient (Wildman–Crippen LogP) is 3.48. The molecule has 2 N–H and O–H groups in total. The summed E-state index contributed by atoms with van der Waals surface area (Å²) in [6.07, 6.45) is 5.48. The molecule has 2 nitrogen and oxygen atoms in total. The number of nitrogens with two attached hydrogens (primary N) is 1. The van der Waals surface area contributed by atoms with Gasteiger partial charge >= 0.3 is 0 Å². The molecule has 1 aromatic carbocycles. The molecule has 0 radical (unpaired) electrons. The maximum atomic E-state index is 13.0. The molecular weight excluding hydrogens is 249 g/mol. The molecule has 0 aliphatic heterocycles. The van der Waals surface area contributed by atoms with Crippen LogP contribution in [0.1, 0.15) is 39.0 Å². The van der Waals surface area contributed by atoms with Gasteiger partial charge in [0.15, 0.2) is 0 Å². The Balaban J connectivity index is 2.08. The number of anilines is 1. The van der Waals surface area contributed by atoms with E-state index in [4.69, 9.17) is 5.73 Å². The van der Waals surface area contributed by atoms with Crippen LogP contribution in [0.3, 0.4) is 0 Å². The van der Waals surface area contributed by atoms with Crippen LogP contribution in [0.2, 0.25) is 0 Å². The number of nitrogen functional groups attached to an aromatic ring is 1. The van der Waals surface area contributed by atoms with Crippen LogP contribution in [-0.4, -0.2) is 9.46 Å². The predicted molar refractivity (Wildman–Crippen MR) is 73.3 cm³/mol. The summed E-state index contributed by atoms with van der Waals surface area (Å²) in [5.74, 6) is 0.409. The first-order chi connectivity index (χ1) is 8.61. The molecule has 2 rings (SSSR count). The molecule has 0 heterocycles. The highest BCUT2D eigenvalue weighted by Gasteiger charge is 2.26. The van der Waals surface area contributed by atoms with E-state index in [0.29, 0.717) is 10.6 Å². The lowest BCUT2D eigenvalue weighted by atomic mass is 9.87. The minimum Gasteiger partial charge on any atom is -0.398 e. The smallest absolute Gasteiger partial charge is 0.125 e. The van der Waals surface area contributed by atoms with Crippen LogP contribution < -0.4 is 5.73 Å². The Morgan fingerprint density at radius 1 is 1.33 bits per heavy atom. The van der Waals surface area contributed by atoms with E-state index in [9.17, 15) is 8.60 Å². The van der Waals surface area contributed by atoms with Crippen molar-refractivity contribution in [2.75, 3.05) is 5.73 Å². The third kappa shape index (κ3) is 2.91. The van der Waals surface area contributed by atoms with Crippen LogP contribution in [-0.2, 0) is 10.8 Å². The molecule has 1 aliphatic rings. The molecule has 0 aromatic heterocycles. The van der Waals surface area contributed by atoms with E-state index in [0.717, 1.165) is 31.6 Å². The molecule has 18 heavy (non-hydrogen) atoms. The molecule has 100 valence electrons. The Bertz CT molecular complexity index is 441. The average Bonchev–Trinajstić information content (AvgIpc) is 2.38. The van der Waals surface area contributed by atoms with Crippen molar-refractivity contribution in [3.8, 4) is 0 Å². The Labute approximate surface area is 110 Å². The summed E-state index contributed by atoms with van der Waals surface area (Å²) in [5, 5.41) is 0.181. The van der Waals surface area contributed by atoms with Crippen molar-refractivity contribution in [1.82, 2.24) is 0 Å². The SMILES string of the molecule is CCC1CCC(S(=O)c2ccc(F)cc2N)CC1. The summed E-state index contributed by atoms with van der Waals surface area (Å²) in [7, 11) is -1.10. The van der Waals surface area contributed by atoms with Crippen molar-refractivity contribution in [2.45, 2.75) is 49.2 Å². The van der Waals surface area contributed by atoms with Crippen LogP contribution in [0.15, 0.2) is 23.1 Å². The highest BCUT2D eigenvalue weighted by molar-refractivity contribution is 7.85. The van der Waals surface area contributed by atoms with Crippen LogP contribution in [0.5, 0.6) is 0 Å². The quantitative estimate of drug-likeness (QED) is 0.854. The fourth-order valence-electron chi connectivity index (χ4n) is 2.64. The maximum Gasteiger partial charge on any atom is 0.125 e. The highest BCUT2D eigenvalue weighted by Crippen LogP contribution is 2.32. The normalized spacial score (nSPS) is 25.9. The molecule has 1 fully saturated rings. The molecule has 1 aliphatic carbocycles. The van der Waals surface area contributed by atoms with Gasteiger partial charge in [0.25, 0.3) is 0 Å². The van der Waals surface area contributed by atoms with Crippen molar-refractivity contribution < 1.29 is 8.60 Å². The van der Waals surface area contributed by atoms with Crippen LogP contribution in [0.25, 0.3) is 0 Å². The summed E-state index contributed by atoms with van der Waals surface area (Å²) in [6, 6.07) is 4.15. The van der Waals surface area contributed by atoms with Gasteiger partial charge in [-0.1, -0.05) is 13.3 Å². The lowest BCUT2D eigenvalue weighted by Crippen LogP contribution is -2.23. The summed E-state index contributed by atoms with van der Waals surface area (Å²) in [4.78, 5) is 0.594. The second-order valence-corrected chi connectivity index (χ2v) is 6.73. The molecule has 1 aromatic rings. The molecule has 0 bridgehead atoms. The second-order valence-electron chi connectivity index (χ2n) is 5.03. The molecule has 1 saturated carbocycles. The van der Waals surface area contributed by atoms with E-state index in [2.05, 4.69) is 6.92 Å². The van der Waals surface area contributed by atoms with E-state index in [1.165, 1.54) is 18.6 Å². The van der Waals surface area contributed by atoms with E-state index in [1.54, 1.807) is 6.07 Å². The van der Waals surface area contributed by atoms with E-state index in [-0.39, 0.29) is 11.1 Å². The summed E-state index contributed by atoms with van der Waals surface area (Å²) < 4.78 is 25.4. The molecule has 0 spiro atoms. The highest BCUT2D eigenvalue weighted by atomic mass is 32.2. The Kier molecular flexibility index (Phi) is 4.38. The standard InChI is InChI=1S/C14H20FNOS/c1-2-10-3-6-12(7-4-10)18(17)14-8-5-11(15)9-13(14)16/h5,8-10,12H,2-4,6-7,16H2,1H3. The topological polar surface area (TPSA) is 43.1 Å². The largest absolute Gasteiger partial charge is 0.398 e. The number of rotatable bonds is 3. The van der Waals surface area contributed by atoms with E-state index in [1.807, 2.05) is 0 Å². The average molecular weight is 269 g/mol. The van der Waals surface area contributed by atoms with Crippen LogP contribution >= 0.6 is 0 Å². The van der Waals surface area contributed by atoms with Gasteiger partial charge in [0, 0.05) is 5.25 Å². The van der Waals surface area contributed by atoms with Crippen molar-refractivity contribution in [3.05, 3.63) is 24.0 Å². The first kappa shape index (κ1) is 13.5. The first-order valence-electron chi connectivity index (χ1n) is 6.57. The van der Waals surface area contributed by atoms with Gasteiger partial charge in [-0.25, -0.2) is 4.39 Å². The third-order valence-corrected chi connectivity index (χ3v) is 5.74. The van der Waals surface area contributed by atoms with E-state index < -0.39 is 10.8 Å². The van der Waals surface area contributed by atoms with Crippen molar-refractivity contribution in [1.29, 1.82) is 0 Å². The maximum absolute atomic E-state index is 13.0. The molecule has 1 unspecified atom stereocenters. The number of hydrogen-bond donors (Lipinski definition) is 1. The van der Waals surface area contributed by atoms with Gasteiger partial charge in [-0.15, -0.1) is 0 Å². The minimum atomic E-state index is -1.10. The fraction of sp³-hybridized carbons (Fsp3) is 0.571. The Hall–Kier alpha value is -0.900. The summed E-state index contributed by atoms with van der Waals surface area (Å²) in [5.41, 5.74) is 6.06. The molecule has 0 amide bonds. The van der Waals surface area contributed by atoms with Gasteiger partial charge < -0.3 is 5.73 Å². The lowest BCUT2D eigenvalue weighted by molar-refractivity contribution is 0.353. The lowest BCUT2D eigenvalue weighted by Gasteiger charge is -2.27. The van der Waals surface area contributed by atoms with Gasteiger partial charge in [-0.2, -0.15) is 0 Å². The molecule has 1 atom stereocenters. The molecule has 0 saturated heterocycles. The second kappa shape index (κ2) is 5.83. The fourth-order valence-corrected chi connectivity index (χ4v) is 4.19. The number of halogens is 1. The zero-order valence-electron chi connectivity index (χ0n) is 10.7. The van der Waals surface area contributed by atoms with Crippen molar-refractivity contribution in [2.24, 2.45) is 5.92 Å². The van der Waals surface area contributed by atoms with Crippen molar-refractivity contribution >= 4 is 16.5 Å². The van der Waals surface area contributed by atoms with Gasteiger partial charge in [-0.3, -0.25) is 4.21 Å². The first-order valence-corrected chi connectivity index (χ1v) is 7.78. The van der Waals surface area contributed by atoms with Gasteiger partial charge in [0.05, 0.1) is 21.4 Å². The molecule has 4 heteroatoms. The van der Waals surface area contributed by atoms with Gasteiger partial charge in [0.1, 0.15) is 5.82 Å². The Morgan fingerprint density at radius 3 is 2.56 bits per heavy atom. The molecular formula is C14H20FNOS. The zero-order valence-corrected chi connectivity index (χ0v) is 11.5. The summed E-state index contributed by atoms with van der Waals surface area (Å²) >= 11 is 0.